The summed E-state index contributed by atoms with van der Waals surface area (Å²) in [5.41, 5.74) is 6.18. The van der Waals surface area contributed by atoms with Crippen molar-refractivity contribution in [3.05, 3.63) is 90.0 Å². The average Bonchev–Trinajstić information content (AvgIpc) is 3.54. The molecule has 0 radical (unpaired) electrons. The number of nitrogens with one attached hydrogen (secondary N) is 1. The molecule has 1 unspecified atom stereocenters. The van der Waals surface area contributed by atoms with Crippen LogP contribution >= 0.6 is 0 Å². The molecule has 1 saturated heterocycles. The smallest absolute Gasteiger partial charge is 0.283 e. The Labute approximate surface area is 204 Å². The molecule has 35 heavy (non-hydrogen) atoms. The Morgan fingerprint density at radius 2 is 1.77 bits per heavy atom. The third-order valence-corrected chi connectivity index (χ3v) is 6.73. The highest BCUT2D eigenvalue weighted by Crippen LogP contribution is 2.35. The fourth-order valence-electron chi connectivity index (χ4n) is 4.72. The monoisotopic (exact) mass is 468 g/mol. The van der Waals surface area contributed by atoms with Crippen LogP contribution in [0.3, 0.4) is 0 Å². The molecule has 0 aliphatic carbocycles. The molecule has 6 rings (SSSR count). The van der Waals surface area contributed by atoms with Crippen LogP contribution in [0.1, 0.15) is 35.8 Å². The number of likely N-dealkylation sites (tertiary alicyclic amines) is 1. The minimum atomic E-state index is -1.09. The zero-order valence-electron chi connectivity index (χ0n) is 19.7. The molecular formula is C26H28N8O. The number of ether oxygens (including phenoxy) is 1. The van der Waals surface area contributed by atoms with Gasteiger partial charge in [-0.2, -0.15) is 20.3 Å². The molecule has 2 aromatic carbocycles. The summed E-state index contributed by atoms with van der Waals surface area (Å²) in [4.78, 5) is 6.88. The van der Waals surface area contributed by atoms with Gasteiger partial charge in [0.15, 0.2) is 11.7 Å². The van der Waals surface area contributed by atoms with Crippen molar-refractivity contribution >= 4 is 17.6 Å². The third-order valence-electron chi connectivity index (χ3n) is 6.73. The first-order chi connectivity index (χ1) is 17.2. The third kappa shape index (κ3) is 4.13. The van der Waals surface area contributed by atoms with Crippen molar-refractivity contribution in [2.45, 2.75) is 31.3 Å². The van der Waals surface area contributed by atoms with Crippen LogP contribution in [0.2, 0.25) is 0 Å². The van der Waals surface area contributed by atoms with E-state index in [1.54, 1.807) is 5.01 Å². The highest BCUT2D eigenvalue weighted by Gasteiger charge is 2.47. The summed E-state index contributed by atoms with van der Waals surface area (Å²) in [6, 6.07) is 20.5. The molecule has 0 amide bonds. The lowest BCUT2D eigenvalue weighted by molar-refractivity contribution is -0.158. The molecule has 3 aromatic rings. The van der Waals surface area contributed by atoms with Crippen LogP contribution in [0.15, 0.2) is 83.3 Å². The quantitative estimate of drug-likeness (QED) is 0.598. The molecule has 3 aliphatic rings. The fraction of sp³-hybridized carbons (Fsp3) is 0.308. The van der Waals surface area contributed by atoms with Gasteiger partial charge in [0.2, 0.25) is 0 Å². The second-order valence-electron chi connectivity index (χ2n) is 9.08. The molecule has 1 atom stereocenters. The largest absolute Gasteiger partial charge is 0.324 e. The second kappa shape index (κ2) is 9.09. The van der Waals surface area contributed by atoms with E-state index in [0.29, 0.717) is 17.7 Å². The van der Waals surface area contributed by atoms with Crippen molar-refractivity contribution < 1.29 is 4.74 Å². The van der Waals surface area contributed by atoms with Crippen LogP contribution in [0, 0.1) is 0 Å². The molecule has 9 nitrogen and oxygen atoms in total. The Morgan fingerprint density at radius 1 is 1.03 bits per heavy atom. The molecule has 0 spiro atoms. The van der Waals surface area contributed by atoms with Gasteiger partial charge in [-0.25, -0.2) is 9.67 Å². The van der Waals surface area contributed by atoms with Gasteiger partial charge < -0.3 is 9.64 Å². The molecule has 178 valence electrons. The van der Waals surface area contributed by atoms with E-state index >= 15 is 0 Å². The van der Waals surface area contributed by atoms with Gasteiger partial charge in [-0.1, -0.05) is 60.7 Å². The van der Waals surface area contributed by atoms with E-state index in [0.717, 1.165) is 42.6 Å². The minimum Gasteiger partial charge on any atom is -0.324 e. The number of hydrogen-bond acceptors (Lipinski definition) is 8. The van der Waals surface area contributed by atoms with Crippen molar-refractivity contribution in [3.63, 3.8) is 0 Å². The fourth-order valence-corrected chi connectivity index (χ4v) is 4.72. The number of hydrazone groups is 2. The van der Waals surface area contributed by atoms with E-state index in [2.05, 4.69) is 39.6 Å². The number of nitrogens with zero attached hydrogens (tertiary/aromatic N) is 7. The highest BCUT2D eigenvalue weighted by atomic mass is 16.5. The first kappa shape index (κ1) is 21.7. The van der Waals surface area contributed by atoms with Crippen molar-refractivity contribution in [3.8, 4) is 0 Å². The van der Waals surface area contributed by atoms with Crippen molar-refractivity contribution in [1.29, 1.82) is 0 Å². The van der Waals surface area contributed by atoms with Gasteiger partial charge in [0, 0.05) is 11.1 Å². The first-order valence-corrected chi connectivity index (χ1v) is 12.0. The molecular weight excluding hydrogens is 440 g/mol. The van der Waals surface area contributed by atoms with E-state index in [-0.39, 0.29) is 6.61 Å². The lowest BCUT2D eigenvalue weighted by atomic mass is 10.0. The number of amidine groups is 1. The number of piperidine rings is 1. The lowest BCUT2D eigenvalue weighted by Crippen LogP contribution is -2.51. The Hall–Kier alpha value is -3.82. The van der Waals surface area contributed by atoms with Gasteiger partial charge in [0.25, 0.3) is 5.85 Å². The molecule has 3 aliphatic heterocycles. The number of rotatable bonds is 6. The van der Waals surface area contributed by atoms with E-state index in [1.165, 1.54) is 0 Å². The summed E-state index contributed by atoms with van der Waals surface area (Å²) in [7, 11) is 2.16. The van der Waals surface area contributed by atoms with Crippen LogP contribution < -0.4 is 5.43 Å². The van der Waals surface area contributed by atoms with E-state index in [1.807, 2.05) is 71.8 Å². The topological polar surface area (TPSA) is 83.2 Å². The SMILES string of the molecule is CN1CCC(n2cnc(COC3(c4ccccc4)NN=C4C=C(c5ccccc5)C=NN43)n2)CC1. The molecule has 4 heterocycles. The maximum atomic E-state index is 6.50. The number of hydrogen-bond donors (Lipinski definition) is 1. The standard InChI is InChI=1S/C26H28N8O/c1-32-14-12-23(13-15-32)33-19-27-24(30-33)18-35-26(22-10-6-3-7-11-22)31-29-25-16-21(17-28-34(25)26)20-8-4-2-5-9-20/h2-11,16-17,19,23,31H,12-15,18H2,1H3. The van der Waals surface area contributed by atoms with Crippen LogP contribution in [0.5, 0.6) is 0 Å². The summed E-state index contributed by atoms with van der Waals surface area (Å²) in [6.07, 6.45) is 7.82. The average molecular weight is 469 g/mol. The van der Waals surface area contributed by atoms with Crippen LogP contribution in [-0.4, -0.2) is 56.9 Å². The predicted molar refractivity (Wildman–Crippen MR) is 134 cm³/mol. The Bertz CT molecular complexity index is 1260. The molecule has 1 aromatic heterocycles. The van der Waals surface area contributed by atoms with Crippen LogP contribution in [-0.2, 0) is 17.2 Å². The normalized spacial score (nSPS) is 22.5. The van der Waals surface area contributed by atoms with Gasteiger partial charge in [0.1, 0.15) is 12.9 Å². The maximum Gasteiger partial charge on any atom is 0.283 e. The second-order valence-corrected chi connectivity index (χ2v) is 9.08. The van der Waals surface area contributed by atoms with Crippen molar-refractivity contribution in [2.24, 2.45) is 10.2 Å². The van der Waals surface area contributed by atoms with Gasteiger partial charge in [0.05, 0.1) is 12.3 Å². The van der Waals surface area contributed by atoms with E-state index < -0.39 is 5.85 Å². The predicted octanol–water partition coefficient (Wildman–Crippen LogP) is 3.17. The highest BCUT2D eigenvalue weighted by molar-refractivity contribution is 6.19. The number of benzene rings is 2. The van der Waals surface area contributed by atoms with E-state index in [4.69, 9.17) is 14.9 Å². The van der Waals surface area contributed by atoms with Crippen LogP contribution in [0.4, 0.5) is 0 Å². The summed E-state index contributed by atoms with van der Waals surface area (Å²) < 4.78 is 8.49. The molecule has 0 bridgehead atoms. The zero-order chi connectivity index (χ0) is 23.7. The van der Waals surface area contributed by atoms with E-state index in [9.17, 15) is 0 Å². The number of aromatic nitrogens is 3. The summed E-state index contributed by atoms with van der Waals surface area (Å²) in [6.45, 7) is 2.36. The van der Waals surface area contributed by atoms with Gasteiger partial charge in [-0.3, -0.25) is 5.43 Å². The van der Waals surface area contributed by atoms with Crippen LogP contribution in [0.25, 0.3) is 5.57 Å². The van der Waals surface area contributed by atoms with Gasteiger partial charge in [-0.05, 0) is 44.6 Å². The number of fused-ring (bicyclic) bond motifs is 1. The molecule has 1 fully saturated rings. The first-order valence-electron chi connectivity index (χ1n) is 12.0. The van der Waals surface area contributed by atoms with Crippen molar-refractivity contribution in [1.82, 2.24) is 30.1 Å². The summed E-state index contributed by atoms with van der Waals surface area (Å²) in [5, 5.41) is 15.8. The Morgan fingerprint density at radius 3 is 2.54 bits per heavy atom. The summed E-state index contributed by atoms with van der Waals surface area (Å²) >= 11 is 0. The Balaban J connectivity index is 1.24. The zero-order valence-corrected chi connectivity index (χ0v) is 19.7. The Kier molecular flexibility index (Phi) is 5.63. The molecule has 9 heteroatoms. The summed E-state index contributed by atoms with van der Waals surface area (Å²) in [5.74, 6) is 0.223. The molecule has 1 N–H and O–H groups in total. The maximum absolute atomic E-state index is 6.50. The van der Waals surface area contributed by atoms with Gasteiger partial charge >= 0.3 is 0 Å². The van der Waals surface area contributed by atoms with Crippen molar-refractivity contribution in [2.75, 3.05) is 20.1 Å². The number of allylic oxidation sites excluding steroid dienone is 1. The lowest BCUT2D eigenvalue weighted by Gasteiger charge is -2.36. The minimum absolute atomic E-state index is 0.214. The van der Waals surface area contributed by atoms with Gasteiger partial charge in [-0.15, -0.1) is 0 Å². The molecule has 0 saturated carbocycles.